The van der Waals surface area contributed by atoms with Crippen molar-refractivity contribution in [1.29, 1.82) is 0 Å². The Balaban J connectivity index is 2.51. The molecule has 120 valence electrons. The fourth-order valence-corrected chi connectivity index (χ4v) is 1.78. The van der Waals surface area contributed by atoms with Crippen LogP contribution < -0.4 is 21.5 Å². The summed E-state index contributed by atoms with van der Waals surface area (Å²) in [6.07, 6.45) is 4.73. The van der Waals surface area contributed by atoms with E-state index in [9.17, 15) is 0 Å². The summed E-state index contributed by atoms with van der Waals surface area (Å²) in [5, 5.41) is 3.21. The number of nitrogens with one attached hydrogen (secondary N) is 1. The smallest absolute Gasteiger partial charge is 0.220 e. The van der Waals surface area contributed by atoms with Gasteiger partial charge in [-0.25, -0.2) is 0 Å². The fourth-order valence-electron chi connectivity index (χ4n) is 1.78. The topological polar surface area (TPSA) is 98.5 Å². The first-order valence-electron chi connectivity index (χ1n) is 7.24. The van der Waals surface area contributed by atoms with Gasteiger partial charge in [-0.1, -0.05) is 19.6 Å². The van der Waals surface area contributed by atoms with E-state index in [2.05, 4.69) is 28.8 Å². The van der Waals surface area contributed by atoms with Gasteiger partial charge in [0.25, 0.3) is 0 Å². The van der Waals surface area contributed by atoms with Crippen molar-refractivity contribution in [2.45, 2.75) is 26.8 Å². The van der Waals surface area contributed by atoms with Crippen LogP contribution in [0.5, 0.6) is 5.88 Å². The van der Waals surface area contributed by atoms with Crippen LogP contribution in [0.1, 0.15) is 25.8 Å². The second kappa shape index (κ2) is 9.70. The third-order valence-corrected chi connectivity index (χ3v) is 2.74. The maximum Gasteiger partial charge on any atom is 0.220 e. The third kappa shape index (κ3) is 7.01. The minimum Gasteiger partial charge on any atom is -0.444 e. The number of nitrogens with zero attached hydrogens (tertiary/aromatic N) is 2. The fraction of sp³-hybridized carbons (Fsp3) is 0.375. The average molecular weight is 303 g/mol. The lowest BCUT2D eigenvalue weighted by Crippen LogP contribution is -2.14. The Morgan fingerprint density at radius 2 is 2.27 bits per heavy atom. The maximum atomic E-state index is 5.76. The van der Waals surface area contributed by atoms with Gasteiger partial charge in [0.1, 0.15) is 5.82 Å². The van der Waals surface area contributed by atoms with Crippen LogP contribution in [0.3, 0.4) is 0 Å². The van der Waals surface area contributed by atoms with Crippen LogP contribution in [0.2, 0.25) is 0 Å². The van der Waals surface area contributed by atoms with Crippen LogP contribution in [-0.4, -0.2) is 24.4 Å². The van der Waals surface area contributed by atoms with Gasteiger partial charge in [0, 0.05) is 25.4 Å². The second-order valence-corrected chi connectivity index (χ2v) is 4.81. The van der Waals surface area contributed by atoms with Gasteiger partial charge in [-0.2, -0.15) is 4.98 Å². The van der Waals surface area contributed by atoms with Gasteiger partial charge in [0.05, 0.1) is 12.4 Å². The van der Waals surface area contributed by atoms with Crippen molar-refractivity contribution in [1.82, 2.24) is 10.3 Å². The molecule has 0 aromatic carbocycles. The SMILES string of the molecule is C=C(C)Oc1cc(CNC/N=C\C(=C/CN)CC)cc(N)n1. The molecule has 0 aliphatic rings. The van der Waals surface area contributed by atoms with Gasteiger partial charge < -0.3 is 16.2 Å². The molecule has 0 atom stereocenters. The first-order valence-corrected chi connectivity index (χ1v) is 7.24. The molecule has 0 aliphatic heterocycles. The Morgan fingerprint density at radius 1 is 1.50 bits per heavy atom. The highest BCUT2D eigenvalue weighted by molar-refractivity contribution is 5.78. The van der Waals surface area contributed by atoms with Crippen molar-refractivity contribution in [3.8, 4) is 5.88 Å². The monoisotopic (exact) mass is 303 g/mol. The van der Waals surface area contributed by atoms with Gasteiger partial charge in [-0.3, -0.25) is 10.3 Å². The van der Waals surface area contributed by atoms with E-state index in [4.69, 9.17) is 16.2 Å². The summed E-state index contributed by atoms with van der Waals surface area (Å²) in [5.74, 6) is 1.44. The molecule has 0 bridgehead atoms. The van der Waals surface area contributed by atoms with Crippen molar-refractivity contribution in [3.05, 3.63) is 41.7 Å². The zero-order chi connectivity index (χ0) is 16.4. The quantitative estimate of drug-likeness (QED) is 0.368. The second-order valence-electron chi connectivity index (χ2n) is 4.81. The van der Waals surface area contributed by atoms with E-state index < -0.39 is 0 Å². The van der Waals surface area contributed by atoms with Crippen molar-refractivity contribution in [2.75, 3.05) is 18.9 Å². The molecule has 1 rings (SSSR count). The molecular formula is C16H25N5O. The van der Waals surface area contributed by atoms with Crippen molar-refractivity contribution < 1.29 is 4.74 Å². The molecule has 0 amide bonds. The summed E-state index contributed by atoms with van der Waals surface area (Å²) in [7, 11) is 0. The molecule has 1 aromatic rings. The zero-order valence-corrected chi connectivity index (χ0v) is 13.3. The summed E-state index contributed by atoms with van der Waals surface area (Å²) < 4.78 is 5.37. The summed E-state index contributed by atoms with van der Waals surface area (Å²) in [5.41, 5.74) is 13.4. The Labute approximate surface area is 132 Å². The van der Waals surface area contributed by atoms with Gasteiger partial charge in [-0.15, -0.1) is 0 Å². The van der Waals surface area contributed by atoms with Crippen molar-refractivity contribution in [3.63, 3.8) is 0 Å². The average Bonchev–Trinajstić information content (AvgIpc) is 2.44. The Bertz CT molecular complexity index is 551. The highest BCUT2D eigenvalue weighted by Crippen LogP contribution is 2.15. The maximum absolute atomic E-state index is 5.76. The largest absolute Gasteiger partial charge is 0.444 e. The number of hydrogen-bond donors (Lipinski definition) is 3. The number of nitrogens with two attached hydrogens (primary N) is 2. The van der Waals surface area contributed by atoms with E-state index in [-0.39, 0.29) is 0 Å². The molecule has 22 heavy (non-hydrogen) atoms. The molecule has 5 N–H and O–H groups in total. The predicted octanol–water partition coefficient (Wildman–Crippen LogP) is 1.99. The van der Waals surface area contributed by atoms with Gasteiger partial charge in [0.15, 0.2) is 0 Å². The number of anilines is 1. The normalized spacial score (nSPS) is 11.9. The molecule has 0 aliphatic carbocycles. The van der Waals surface area contributed by atoms with Crippen molar-refractivity contribution in [2.24, 2.45) is 10.7 Å². The number of ether oxygens (including phenoxy) is 1. The highest BCUT2D eigenvalue weighted by atomic mass is 16.5. The molecule has 0 radical (unpaired) electrons. The van der Waals surface area contributed by atoms with Gasteiger partial charge in [0.2, 0.25) is 5.88 Å². The first kappa shape index (κ1) is 17.9. The zero-order valence-electron chi connectivity index (χ0n) is 13.3. The molecule has 0 unspecified atom stereocenters. The number of aromatic nitrogens is 1. The van der Waals surface area contributed by atoms with Crippen molar-refractivity contribution >= 4 is 12.0 Å². The van der Waals surface area contributed by atoms with Crippen LogP contribution in [0, 0.1) is 0 Å². The summed E-state index contributed by atoms with van der Waals surface area (Å²) in [4.78, 5) is 8.41. The molecule has 1 heterocycles. The van der Waals surface area contributed by atoms with Crippen LogP contribution in [0.15, 0.2) is 41.1 Å². The number of hydrogen-bond acceptors (Lipinski definition) is 6. The summed E-state index contributed by atoms with van der Waals surface area (Å²) in [6, 6.07) is 3.63. The number of rotatable bonds is 9. The van der Waals surface area contributed by atoms with Gasteiger partial charge >= 0.3 is 0 Å². The highest BCUT2D eigenvalue weighted by Gasteiger charge is 2.02. The number of nitrogen functional groups attached to an aromatic ring is 1. The van der Waals surface area contributed by atoms with Crippen LogP contribution in [0.25, 0.3) is 0 Å². The molecular weight excluding hydrogens is 278 g/mol. The van der Waals surface area contributed by atoms with E-state index in [0.29, 0.717) is 37.2 Å². The van der Waals surface area contributed by atoms with Crippen LogP contribution in [-0.2, 0) is 6.54 Å². The third-order valence-electron chi connectivity index (χ3n) is 2.74. The lowest BCUT2D eigenvalue weighted by molar-refractivity contribution is 0.413. The van der Waals surface area contributed by atoms with E-state index in [1.165, 1.54) is 0 Å². The lowest BCUT2D eigenvalue weighted by atomic mass is 10.2. The molecule has 0 fully saturated rings. The Kier molecular flexibility index (Phi) is 7.88. The molecule has 6 heteroatoms. The standard InChI is InChI=1S/C16H25N5O/c1-4-13(5-6-17)9-19-11-20-10-14-7-15(18)21-16(8-14)22-12(2)3/h5,7-9,20H,2,4,6,10-11,17H2,1,3H3,(H2,18,21)/b13-5-,19-9-. The Morgan fingerprint density at radius 3 is 2.91 bits per heavy atom. The lowest BCUT2D eigenvalue weighted by Gasteiger charge is -2.08. The van der Waals surface area contributed by atoms with E-state index in [0.717, 1.165) is 17.6 Å². The minimum absolute atomic E-state index is 0.415. The van der Waals surface area contributed by atoms with E-state index >= 15 is 0 Å². The van der Waals surface area contributed by atoms with Gasteiger partial charge in [-0.05, 0) is 30.5 Å². The number of pyridine rings is 1. The molecule has 0 spiro atoms. The molecule has 0 saturated heterocycles. The minimum atomic E-state index is 0.415. The summed E-state index contributed by atoms with van der Waals surface area (Å²) >= 11 is 0. The molecule has 0 saturated carbocycles. The predicted molar refractivity (Wildman–Crippen MR) is 91.7 cm³/mol. The molecule has 1 aromatic heterocycles. The number of aliphatic imine (C=N–C) groups is 1. The molecule has 6 nitrogen and oxygen atoms in total. The first-order chi connectivity index (χ1) is 10.5. The van der Waals surface area contributed by atoms with Crippen LogP contribution in [0.4, 0.5) is 5.82 Å². The summed E-state index contributed by atoms with van der Waals surface area (Å²) in [6.45, 7) is 9.19. The van der Waals surface area contributed by atoms with E-state index in [1.807, 2.05) is 18.4 Å². The van der Waals surface area contributed by atoms with E-state index in [1.54, 1.807) is 13.0 Å². The van der Waals surface area contributed by atoms with Crippen LogP contribution >= 0.6 is 0 Å². The Hall–Kier alpha value is -2.18. The number of allylic oxidation sites excluding steroid dienone is 2.